The molecule has 0 saturated carbocycles. The fourth-order valence-electron chi connectivity index (χ4n) is 3.67. The van der Waals surface area contributed by atoms with Crippen molar-refractivity contribution in [1.29, 1.82) is 0 Å². The van der Waals surface area contributed by atoms with Crippen molar-refractivity contribution in [2.75, 3.05) is 19.8 Å². The third-order valence-corrected chi connectivity index (χ3v) is 5.45. The number of aliphatic hydroxyl groups is 1. The summed E-state index contributed by atoms with van der Waals surface area (Å²) in [4.78, 5) is 14.1. The minimum absolute atomic E-state index is 0.0123. The molecule has 0 fully saturated rings. The highest BCUT2D eigenvalue weighted by atomic mass is 19.3. The lowest BCUT2D eigenvalue weighted by atomic mass is 10.0. The topological polar surface area (TPSA) is 94.6 Å². The van der Waals surface area contributed by atoms with Crippen LogP contribution in [0.2, 0.25) is 0 Å². The fraction of sp³-hybridized carbons (Fsp3) is 0.400. The summed E-state index contributed by atoms with van der Waals surface area (Å²) < 4.78 is 33.2. The van der Waals surface area contributed by atoms with Gasteiger partial charge < -0.3 is 19.9 Å². The molecule has 4 N–H and O–H groups in total. The van der Waals surface area contributed by atoms with E-state index in [9.17, 15) is 23.8 Å². The molecule has 6 nitrogen and oxygen atoms in total. The molecule has 0 amide bonds. The van der Waals surface area contributed by atoms with E-state index in [1.165, 1.54) is 24.3 Å². The minimum atomic E-state index is -2.99. The van der Waals surface area contributed by atoms with E-state index in [4.69, 9.17) is 4.74 Å². The van der Waals surface area contributed by atoms with E-state index < -0.39 is 18.8 Å². The zero-order valence-electron chi connectivity index (χ0n) is 18.4. The van der Waals surface area contributed by atoms with Gasteiger partial charge in [-0.15, -0.1) is 0 Å². The number of alkyl halides is 2. The number of aromatic hydroxyl groups is 1. The van der Waals surface area contributed by atoms with E-state index >= 15 is 0 Å². The van der Waals surface area contributed by atoms with Crippen LogP contribution in [0.3, 0.4) is 0 Å². The number of H-pyrrole nitrogens is 1. The Balaban J connectivity index is 1.29. The maximum atomic E-state index is 14.0. The number of phenolic OH excluding ortho intramolecular Hbond substituents is 1. The van der Waals surface area contributed by atoms with Gasteiger partial charge in [0.1, 0.15) is 18.6 Å². The number of halogens is 2. The van der Waals surface area contributed by atoms with E-state index in [1.807, 2.05) is 0 Å². The van der Waals surface area contributed by atoms with Crippen LogP contribution in [0.25, 0.3) is 10.9 Å². The Morgan fingerprint density at radius 2 is 1.76 bits per heavy atom. The van der Waals surface area contributed by atoms with E-state index in [1.54, 1.807) is 30.3 Å². The Kier molecular flexibility index (Phi) is 8.94. The number of unbranched alkanes of at least 4 members (excludes halogenated alkanes) is 3. The van der Waals surface area contributed by atoms with Gasteiger partial charge in [0, 0.05) is 30.0 Å². The van der Waals surface area contributed by atoms with E-state index in [2.05, 4.69) is 10.3 Å². The van der Waals surface area contributed by atoms with Crippen LogP contribution in [0.5, 0.6) is 5.75 Å². The molecule has 178 valence electrons. The Labute approximate surface area is 191 Å². The van der Waals surface area contributed by atoms with Gasteiger partial charge in [-0.3, -0.25) is 10.1 Å². The zero-order chi connectivity index (χ0) is 23.7. The first-order valence-electron chi connectivity index (χ1n) is 11.1. The quantitative estimate of drug-likeness (QED) is 0.228. The summed E-state index contributed by atoms with van der Waals surface area (Å²) in [5.41, 5.74) is 0.826. The van der Waals surface area contributed by atoms with Crippen molar-refractivity contribution in [1.82, 2.24) is 10.3 Å². The van der Waals surface area contributed by atoms with Crippen molar-refractivity contribution >= 4 is 10.9 Å². The molecule has 3 rings (SSSR count). The van der Waals surface area contributed by atoms with Gasteiger partial charge in [0.25, 0.3) is 5.92 Å². The van der Waals surface area contributed by atoms with Gasteiger partial charge >= 0.3 is 0 Å². The van der Waals surface area contributed by atoms with Crippen molar-refractivity contribution in [2.45, 2.75) is 44.3 Å². The standard InChI is InChI=1S/C25H30F2N2O4/c26-25(27,19-8-4-3-5-9-19)17-33-15-7-2-1-6-14-28-23(32)16-18-10-12-21(30)24-20(18)11-13-22(31)29-24/h3-5,8-13,23,28,30,32H,1-2,6-7,14-17H2,(H,29,31). The second-order valence-corrected chi connectivity index (χ2v) is 8.07. The van der Waals surface area contributed by atoms with Gasteiger partial charge in [0.05, 0.1) is 5.52 Å². The predicted octanol–water partition coefficient (Wildman–Crippen LogP) is 4.05. The largest absolute Gasteiger partial charge is 0.506 e. The van der Waals surface area contributed by atoms with Gasteiger partial charge in [0.2, 0.25) is 5.56 Å². The number of nitrogens with one attached hydrogen (secondary N) is 2. The van der Waals surface area contributed by atoms with Crippen LogP contribution >= 0.6 is 0 Å². The second kappa shape index (κ2) is 11.9. The van der Waals surface area contributed by atoms with Gasteiger partial charge in [-0.25, -0.2) is 0 Å². The Morgan fingerprint density at radius 3 is 2.55 bits per heavy atom. The predicted molar refractivity (Wildman–Crippen MR) is 124 cm³/mol. The lowest BCUT2D eigenvalue weighted by Crippen LogP contribution is -2.31. The van der Waals surface area contributed by atoms with Crippen LogP contribution in [0, 0.1) is 0 Å². The van der Waals surface area contributed by atoms with E-state index in [0.29, 0.717) is 30.3 Å². The molecule has 3 aromatic rings. The first kappa shape index (κ1) is 24.8. The first-order valence-corrected chi connectivity index (χ1v) is 11.1. The minimum Gasteiger partial charge on any atom is -0.506 e. The summed E-state index contributed by atoms with van der Waals surface area (Å²) in [5, 5.41) is 24.0. The number of hydrogen-bond donors (Lipinski definition) is 4. The summed E-state index contributed by atoms with van der Waals surface area (Å²) in [6, 6.07) is 13.9. The average molecular weight is 461 g/mol. The van der Waals surface area contributed by atoms with Crippen LogP contribution in [0.1, 0.15) is 36.8 Å². The highest BCUT2D eigenvalue weighted by molar-refractivity contribution is 5.87. The number of aliphatic hydroxyl groups excluding tert-OH is 1. The number of rotatable bonds is 13. The fourth-order valence-corrected chi connectivity index (χ4v) is 3.67. The monoisotopic (exact) mass is 460 g/mol. The van der Waals surface area contributed by atoms with Crippen LogP contribution < -0.4 is 10.9 Å². The summed E-state index contributed by atoms with van der Waals surface area (Å²) in [5.74, 6) is -3.00. The molecule has 0 aliphatic heterocycles. The Morgan fingerprint density at radius 1 is 1.00 bits per heavy atom. The van der Waals surface area contributed by atoms with Crippen LogP contribution in [0.15, 0.2) is 59.4 Å². The summed E-state index contributed by atoms with van der Waals surface area (Å²) >= 11 is 0. The first-order chi connectivity index (χ1) is 15.9. The van der Waals surface area contributed by atoms with Crippen molar-refractivity contribution in [3.05, 3.63) is 76.1 Å². The van der Waals surface area contributed by atoms with Gasteiger partial charge in [-0.1, -0.05) is 49.2 Å². The molecule has 1 atom stereocenters. The molecule has 0 radical (unpaired) electrons. The summed E-state index contributed by atoms with van der Waals surface area (Å²) in [7, 11) is 0. The molecule has 2 aromatic carbocycles. The smallest absolute Gasteiger partial charge is 0.296 e. The number of ether oxygens (including phenoxy) is 1. The summed E-state index contributed by atoms with van der Waals surface area (Å²) in [6.07, 6.45) is 2.83. The molecule has 0 aliphatic carbocycles. The van der Waals surface area contributed by atoms with E-state index in [0.717, 1.165) is 24.8 Å². The molecule has 0 spiro atoms. The number of pyridine rings is 1. The molecular formula is C25H30F2N2O4. The normalized spacial score (nSPS) is 12.8. The van der Waals surface area contributed by atoms with Gasteiger partial charge in [-0.2, -0.15) is 8.78 Å². The molecular weight excluding hydrogens is 430 g/mol. The maximum absolute atomic E-state index is 14.0. The van der Waals surface area contributed by atoms with Crippen molar-refractivity contribution in [3.8, 4) is 5.75 Å². The zero-order valence-corrected chi connectivity index (χ0v) is 18.4. The lowest BCUT2D eigenvalue weighted by Gasteiger charge is -2.17. The molecule has 0 bridgehead atoms. The van der Waals surface area contributed by atoms with Crippen molar-refractivity contribution in [2.24, 2.45) is 0 Å². The van der Waals surface area contributed by atoms with Crippen LogP contribution in [-0.2, 0) is 17.1 Å². The molecule has 1 heterocycles. The Hall–Kier alpha value is -2.81. The van der Waals surface area contributed by atoms with Gasteiger partial charge in [0.15, 0.2) is 0 Å². The average Bonchev–Trinajstić information content (AvgIpc) is 2.80. The third kappa shape index (κ3) is 7.35. The molecule has 8 heteroatoms. The highest BCUT2D eigenvalue weighted by Crippen LogP contribution is 2.28. The molecule has 1 unspecified atom stereocenters. The van der Waals surface area contributed by atoms with Crippen molar-refractivity contribution in [3.63, 3.8) is 0 Å². The SMILES string of the molecule is O=c1ccc2c(CC(O)NCCCCCCOCC(F)(F)c3ccccc3)ccc(O)c2[nH]1. The molecule has 0 aliphatic rings. The molecule has 33 heavy (non-hydrogen) atoms. The van der Waals surface area contributed by atoms with E-state index in [-0.39, 0.29) is 23.5 Å². The Bertz CT molecular complexity index is 1070. The van der Waals surface area contributed by atoms with Crippen LogP contribution in [0.4, 0.5) is 8.78 Å². The van der Waals surface area contributed by atoms with Crippen molar-refractivity contribution < 1.29 is 23.7 Å². The highest BCUT2D eigenvalue weighted by Gasteiger charge is 2.31. The van der Waals surface area contributed by atoms with Gasteiger partial charge in [-0.05, 0) is 37.1 Å². The lowest BCUT2D eigenvalue weighted by molar-refractivity contribution is -0.0831. The summed E-state index contributed by atoms with van der Waals surface area (Å²) in [6.45, 7) is 0.278. The number of phenols is 1. The number of fused-ring (bicyclic) bond motifs is 1. The number of hydrogen-bond acceptors (Lipinski definition) is 5. The molecule has 1 aromatic heterocycles. The third-order valence-electron chi connectivity index (χ3n) is 5.45. The van der Waals surface area contributed by atoms with Crippen LogP contribution in [-0.4, -0.2) is 41.2 Å². The number of benzene rings is 2. The second-order valence-electron chi connectivity index (χ2n) is 8.07. The number of aromatic nitrogens is 1. The molecule has 0 saturated heterocycles. The maximum Gasteiger partial charge on any atom is 0.296 e. The number of aromatic amines is 1.